The maximum absolute atomic E-state index is 9.58. The topological polar surface area (TPSA) is 32.3 Å². The van der Waals surface area contributed by atoms with Crippen LogP contribution < -0.4 is 5.32 Å². The van der Waals surface area contributed by atoms with Crippen molar-refractivity contribution in [1.82, 2.24) is 5.32 Å². The fourth-order valence-corrected chi connectivity index (χ4v) is 1.57. The zero-order valence-corrected chi connectivity index (χ0v) is 11.1. The van der Waals surface area contributed by atoms with Crippen molar-refractivity contribution >= 4 is 11.6 Å². The Morgan fingerprint density at radius 1 is 1.44 bits per heavy atom. The van der Waals surface area contributed by atoms with Gasteiger partial charge in [-0.2, -0.15) is 0 Å². The van der Waals surface area contributed by atoms with Crippen molar-refractivity contribution in [2.45, 2.75) is 45.9 Å². The molecule has 0 aliphatic heterocycles. The monoisotopic (exact) mass is 241 g/mol. The molecule has 0 aromatic heterocycles. The molecule has 0 saturated carbocycles. The Hall–Kier alpha value is -0.570. The summed E-state index contributed by atoms with van der Waals surface area (Å²) >= 11 is 6.14. The van der Waals surface area contributed by atoms with Gasteiger partial charge >= 0.3 is 0 Å². The van der Waals surface area contributed by atoms with E-state index < -0.39 is 6.10 Å². The van der Waals surface area contributed by atoms with Gasteiger partial charge in [-0.15, -0.1) is 0 Å². The minimum absolute atomic E-state index is 0.311. The number of aliphatic hydroxyl groups is 1. The van der Waals surface area contributed by atoms with Gasteiger partial charge in [0.2, 0.25) is 0 Å². The minimum Gasteiger partial charge on any atom is -0.392 e. The van der Waals surface area contributed by atoms with Crippen LogP contribution in [0.5, 0.6) is 0 Å². The van der Waals surface area contributed by atoms with Gasteiger partial charge in [0.15, 0.2) is 0 Å². The quantitative estimate of drug-likeness (QED) is 0.850. The van der Waals surface area contributed by atoms with Crippen LogP contribution in [-0.4, -0.2) is 16.7 Å². The van der Waals surface area contributed by atoms with Crippen LogP contribution in [0.2, 0.25) is 5.02 Å². The molecule has 0 aliphatic carbocycles. The molecule has 90 valence electrons. The lowest BCUT2D eigenvalue weighted by Crippen LogP contribution is -2.47. The highest BCUT2D eigenvalue weighted by Crippen LogP contribution is 2.19. The van der Waals surface area contributed by atoms with Crippen molar-refractivity contribution in [3.8, 4) is 0 Å². The zero-order chi connectivity index (χ0) is 12.3. The fourth-order valence-electron chi connectivity index (χ4n) is 1.27. The molecular formula is C13H20ClNO. The average Bonchev–Trinajstić information content (AvgIpc) is 2.16. The van der Waals surface area contributed by atoms with Crippen LogP contribution in [0.25, 0.3) is 0 Å². The predicted molar refractivity (Wildman–Crippen MR) is 68.8 cm³/mol. The lowest BCUT2D eigenvalue weighted by atomic mass is 9.98. The molecular weight excluding hydrogens is 222 g/mol. The maximum Gasteiger partial charge on any atom is 0.0688 e. The summed E-state index contributed by atoms with van der Waals surface area (Å²) in [5.74, 6) is 0. The summed E-state index contributed by atoms with van der Waals surface area (Å²) < 4.78 is 0. The van der Waals surface area contributed by atoms with E-state index >= 15 is 0 Å². The lowest BCUT2D eigenvalue weighted by molar-refractivity contribution is 0.0956. The van der Waals surface area contributed by atoms with E-state index in [9.17, 15) is 5.11 Å². The number of nitrogens with one attached hydrogen (secondary N) is 1. The van der Waals surface area contributed by atoms with Crippen molar-refractivity contribution < 1.29 is 5.11 Å². The molecule has 0 heterocycles. The predicted octanol–water partition coefficient (Wildman–Crippen LogP) is 2.90. The molecule has 0 radical (unpaired) electrons. The molecule has 1 atom stereocenters. The highest BCUT2D eigenvalue weighted by atomic mass is 35.5. The second-order valence-corrected chi connectivity index (χ2v) is 5.25. The van der Waals surface area contributed by atoms with Crippen molar-refractivity contribution in [2.24, 2.45) is 0 Å². The molecule has 0 spiro atoms. The van der Waals surface area contributed by atoms with Crippen LogP contribution in [0, 0.1) is 6.92 Å². The average molecular weight is 242 g/mol. The highest BCUT2D eigenvalue weighted by Gasteiger charge is 2.23. The SMILES string of the molecule is Cc1ccc(CNC(C)(C)C(C)O)c(Cl)c1. The molecule has 1 aromatic rings. The molecule has 2 N–H and O–H groups in total. The number of aryl methyl sites for hydroxylation is 1. The van der Waals surface area contributed by atoms with Gasteiger partial charge < -0.3 is 10.4 Å². The van der Waals surface area contributed by atoms with E-state index in [0.29, 0.717) is 6.54 Å². The highest BCUT2D eigenvalue weighted by molar-refractivity contribution is 6.31. The number of benzene rings is 1. The van der Waals surface area contributed by atoms with Gasteiger partial charge in [0.05, 0.1) is 6.10 Å². The summed E-state index contributed by atoms with van der Waals surface area (Å²) in [4.78, 5) is 0. The Bertz CT molecular complexity index is 361. The third-order valence-electron chi connectivity index (χ3n) is 2.99. The number of rotatable bonds is 4. The Labute approximate surface area is 103 Å². The summed E-state index contributed by atoms with van der Waals surface area (Å²) in [5.41, 5.74) is 1.90. The van der Waals surface area contributed by atoms with Gasteiger partial charge in [0.25, 0.3) is 0 Å². The number of hydrogen-bond acceptors (Lipinski definition) is 2. The Morgan fingerprint density at radius 3 is 2.56 bits per heavy atom. The van der Waals surface area contributed by atoms with Crippen LogP contribution in [0.3, 0.4) is 0 Å². The summed E-state index contributed by atoms with van der Waals surface area (Å²) in [5, 5.41) is 13.6. The molecule has 0 fully saturated rings. The van der Waals surface area contributed by atoms with Crippen LogP contribution in [0.15, 0.2) is 18.2 Å². The van der Waals surface area contributed by atoms with Crippen molar-refractivity contribution in [2.75, 3.05) is 0 Å². The zero-order valence-electron chi connectivity index (χ0n) is 10.3. The van der Waals surface area contributed by atoms with Crippen molar-refractivity contribution in [3.05, 3.63) is 34.3 Å². The third-order valence-corrected chi connectivity index (χ3v) is 3.34. The molecule has 16 heavy (non-hydrogen) atoms. The first-order valence-electron chi connectivity index (χ1n) is 5.51. The first-order valence-corrected chi connectivity index (χ1v) is 5.89. The van der Waals surface area contributed by atoms with E-state index in [4.69, 9.17) is 11.6 Å². The van der Waals surface area contributed by atoms with Gasteiger partial charge in [-0.05, 0) is 44.9 Å². The first kappa shape index (κ1) is 13.5. The van der Waals surface area contributed by atoms with Gasteiger partial charge in [0, 0.05) is 17.1 Å². The van der Waals surface area contributed by atoms with E-state index in [0.717, 1.165) is 16.1 Å². The smallest absolute Gasteiger partial charge is 0.0688 e. The van der Waals surface area contributed by atoms with E-state index in [1.165, 1.54) is 0 Å². The maximum atomic E-state index is 9.58. The number of hydrogen-bond donors (Lipinski definition) is 2. The minimum atomic E-state index is -0.406. The number of aliphatic hydroxyl groups excluding tert-OH is 1. The van der Waals surface area contributed by atoms with E-state index in [1.54, 1.807) is 6.92 Å². The second-order valence-electron chi connectivity index (χ2n) is 4.85. The largest absolute Gasteiger partial charge is 0.392 e. The third kappa shape index (κ3) is 3.48. The molecule has 1 aromatic carbocycles. The van der Waals surface area contributed by atoms with Gasteiger partial charge in [-0.25, -0.2) is 0 Å². The fraction of sp³-hybridized carbons (Fsp3) is 0.538. The van der Waals surface area contributed by atoms with Crippen LogP contribution in [0.4, 0.5) is 0 Å². The van der Waals surface area contributed by atoms with Gasteiger partial charge in [-0.1, -0.05) is 23.7 Å². The van der Waals surface area contributed by atoms with E-state index in [2.05, 4.69) is 5.32 Å². The van der Waals surface area contributed by atoms with E-state index in [-0.39, 0.29) is 5.54 Å². The summed E-state index contributed by atoms with van der Waals surface area (Å²) in [6.45, 7) is 8.41. The van der Waals surface area contributed by atoms with Crippen LogP contribution in [-0.2, 0) is 6.54 Å². The van der Waals surface area contributed by atoms with E-state index in [1.807, 2.05) is 39.0 Å². The summed E-state index contributed by atoms with van der Waals surface area (Å²) in [6.07, 6.45) is -0.406. The van der Waals surface area contributed by atoms with Crippen LogP contribution in [0.1, 0.15) is 31.9 Å². The molecule has 0 saturated heterocycles. The van der Waals surface area contributed by atoms with Gasteiger partial charge in [-0.3, -0.25) is 0 Å². The molecule has 1 unspecified atom stereocenters. The van der Waals surface area contributed by atoms with Crippen LogP contribution >= 0.6 is 11.6 Å². The second kappa shape index (κ2) is 5.17. The molecule has 3 heteroatoms. The molecule has 0 aliphatic rings. The van der Waals surface area contributed by atoms with Gasteiger partial charge in [0.1, 0.15) is 0 Å². The molecule has 2 nitrogen and oxygen atoms in total. The Balaban J connectivity index is 2.68. The molecule has 0 amide bonds. The molecule has 1 rings (SSSR count). The summed E-state index contributed by atoms with van der Waals surface area (Å²) in [6, 6.07) is 6.01. The summed E-state index contributed by atoms with van der Waals surface area (Å²) in [7, 11) is 0. The van der Waals surface area contributed by atoms with Crippen molar-refractivity contribution in [1.29, 1.82) is 0 Å². The normalized spacial score (nSPS) is 13.9. The van der Waals surface area contributed by atoms with Crippen molar-refractivity contribution in [3.63, 3.8) is 0 Å². The Kier molecular flexibility index (Phi) is 4.36. The number of halogens is 1. The standard InChI is InChI=1S/C13H20ClNO/c1-9-5-6-11(12(14)7-9)8-15-13(3,4)10(2)16/h5-7,10,15-16H,8H2,1-4H3. The first-order chi connectivity index (χ1) is 7.33. The molecule has 0 bridgehead atoms. The Morgan fingerprint density at radius 2 is 2.06 bits per heavy atom. The lowest BCUT2D eigenvalue weighted by Gasteiger charge is -2.29.